The molecule has 1 aliphatic heterocycles. The summed E-state index contributed by atoms with van der Waals surface area (Å²) in [5, 5.41) is 0. The first-order valence-corrected chi connectivity index (χ1v) is 7.27. The Hall–Kier alpha value is -1.55. The van der Waals surface area contributed by atoms with Gasteiger partial charge in [-0.1, -0.05) is 60.7 Å². The second-order valence-corrected chi connectivity index (χ2v) is 5.43. The topological polar surface area (TPSA) is 9.23 Å². The molecule has 2 aromatic carbocycles. The third-order valence-corrected chi connectivity index (χ3v) is 4.20. The molecule has 1 heterocycles. The molecule has 94 valence electrons. The van der Waals surface area contributed by atoms with E-state index in [0.29, 0.717) is 0 Å². The normalized spacial score (nSPS) is 20.2. The van der Waals surface area contributed by atoms with E-state index < -0.39 is 0 Å². The maximum Gasteiger partial charge on any atom is 0.142 e. The molecule has 19 heavy (non-hydrogen) atoms. The van der Waals surface area contributed by atoms with Gasteiger partial charge in [0, 0.05) is 0 Å². The minimum atomic E-state index is 0.0321. The summed E-state index contributed by atoms with van der Waals surface area (Å²) in [5.41, 5.74) is 2.38. The van der Waals surface area contributed by atoms with E-state index in [9.17, 15) is 0 Å². The van der Waals surface area contributed by atoms with Crippen LogP contribution in [0.5, 0.6) is 0 Å². The summed E-state index contributed by atoms with van der Waals surface area (Å²) >= 11 is 2.34. The van der Waals surface area contributed by atoms with E-state index >= 15 is 0 Å². The van der Waals surface area contributed by atoms with Gasteiger partial charge >= 0.3 is 0 Å². The molecular formula is C17H13IO. The molecule has 0 N–H and O–H groups in total. The Bertz CT molecular complexity index is 614. The van der Waals surface area contributed by atoms with Crippen LogP contribution < -0.4 is 0 Å². The maximum absolute atomic E-state index is 6.02. The van der Waals surface area contributed by atoms with Gasteiger partial charge in [-0.2, -0.15) is 0 Å². The fraction of sp³-hybridized carbons (Fsp3) is 0.0588. The minimum Gasteiger partial charge on any atom is -0.480 e. The average Bonchev–Trinajstić information content (AvgIpc) is 2.98. The molecule has 0 bridgehead atoms. The largest absolute Gasteiger partial charge is 0.480 e. The molecule has 3 rings (SSSR count). The third kappa shape index (κ3) is 2.73. The summed E-state index contributed by atoms with van der Waals surface area (Å²) in [5.74, 6) is 0.945. The summed E-state index contributed by atoms with van der Waals surface area (Å²) in [6.45, 7) is 0. The van der Waals surface area contributed by atoms with Gasteiger partial charge in [0.1, 0.15) is 11.9 Å². The smallest absolute Gasteiger partial charge is 0.142 e. The van der Waals surface area contributed by atoms with E-state index in [1.807, 2.05) is 36.4 Å². The zero-order valence-electron chi connectivity index (χ0n) is 10.3. The van der Waals surface area contributed by atoms with Crippen molar-refractivity contribution in [3.05, 3.63) is 89.7 Å². The molecule has 0 aliphatic carbocycles. The van der Waals surface area contributed by atoms with Gasteiger partial charge in [0.2, 0.25) is 0 Å². The van der Waals surface area contributed by atoms with Gasteiger partial charge in [0.15, 0.2) is 0 Å². The molecule has 2 heteroatoms. The molecule has 1 nitrogen and oxygen atoms in total. The summed E-state index contributed by atoms with van der Waals surface area (Å²) in [4.78, 5) is 0. The van der Waals surface area contributed by atoms with Crippen LogP contribution in [0.2, 0.25) is 0 Å². The molecule has 1 aliphatic rings. The first-order chi connectivity index (χ1) is 9.34. The van der Waals surface area contributed by atoms with E-state index in [2.05, 4.69) is 59.0 Å². The van der Waals surface area contributed by atoms with Crippen molar-refractivity contribution in [2.45, 2.75) is 6.10 Å². The van der Waals surface area contributed by atoms with E-state index in [1.165, 1.54) is 11.1 Å². The Labute approximate surface area is 126 Å². The molecule has 0 saturated carbocycles. The van der Waals surface area contributed by atoms with Crippen LogP contribution in [0.15, 0.2) is 78.6 Å². The molecule has 0 spiro atoms. The summed E-state index contributed by atoms with van der Waals surface area (Å²) in [6, 6.07) is 20.6. The average molecular weight is 360 g/mol. The van der Waals surface area contributed by atoms with E-state index in [4.69, 9.17) is 4.74 Å². The van der Waals surface area contributed by atoms with Crippen LogP contribution in [0, 0.1) is 0 Å². The maximum atomic E-state index is 6.02. The van der Waals surface area contributed by atoms with Crippen molar-refractivity contribution in [2.75, 3.05) is 0 Å². The third-order valence-electron chi connectivity index (χ3n) is 3.05. The number of allylic oxidation sites excluding steroid dienone is 1. The highest BCUT2D eigenvalue weighted by Gasteiger charge is 2.18. The van der Waals surface area contributed by atoms with Crippen molar-refractivity contribution in [1.82, 2.24) is 0 Å². The zero-order chi connectivity index (χ0) is 13.1. The highest BCUT2D eigenvalue weighted by molar-refractivity contribution is 14.1. The number of benzene rings is 2. The second kappa shape index (κ2) is 5.61. The van der Waals surface area contributed by atoms with Crippen LogP contribution >= 0.6 is 22.6 Å². The first kappa shape index (κ1) is 12.5. The Morgan fingerprint density at radius 1 is 0.895 bits per heavy atom. The van der Waals surface area contributed by atoms with Crippen molar-refractivity contribution >= 4 is 26.2 Å². The highest BCUT2D eigenvalue weighted by atomic mass is 127. The number of hydrogen-bond donors (Lipinski definition) is 0. The van der Waals surface area contributed by atoms with Gasteiger partial charge in [0.25, 0.3) is 0 Å². The van der Waals surface area contributed by atoms with E-state index in [-0.39, 0.29) is 6.10 Å². The van der Waals surface area contributed by atoms with Crippen LogP contribution in [0.4, 0.5) is 0 Å². The summed E-state index contributed by atoms with van der Waals surface area (Å²) in [6.07, 6.45) is 4.20. The van der Waals surface area contributed by atoms with Crippen molar-refractivity contribution in [1.29, 1.82) is 0 Å². The van der Waals surface area contributed by atoms with Gasteiger partial charge in [-0.25, -0.2) is 0 Å². The Morgan fingerprint density at radius 2 is 1.53 bits per heavy atom. The predicted molar refractivity (Wildman–Crippen MR) is 86.8 cm³/mol. The summed E-state index contributed by atoms with van der Waals surface area (Å²) < 4.78 is 7.17. The molecular weight excluding hydrogens is 347 g/mol. The lowest BCUT2D eigenvalue weighted by atomic mass is 10.1. The molecule has 1 unspecified atom stereocenters. The molecule has 0 radical (unpaired) electrons. The minimum absolute atomic E-state index is 0.0321. The lowest BCUT2D eigenvalue weighted by Crippen LogP contribution is -1.95. The van der Waals surface area contributed by atoms with Crippen LogP contribution in [-0.4, -0.2) is 0 Å². The lowest BCUT2D eigenvalue weighted by Gasteiger charge is -2.12. The van der Waals surface area contributed by atoms with Gasteiger partial charge in [-0.15, -0.1) is 0 Å². The van der Waals surface area contributed by atoms with Crippen molar-refractivity contribution in [3.63, 3.8) is 0 Å². The predicted octanol–water partition coefficient (Wildman–Crippen LogP) is 5.12. The fourth-order valence-electron chi connectivity index (χ4n) is 2.06. The van der Waals surface area contributed by atoms with Crippen LogP contribution in [0.3, 0.4) is 0 Å². The number of hydrogen-bond acceptors (Lipinski definition) is 1. The molecule has 0 saturated heterocycles. The number of halogens is 1. The standard InChI is InChI=1S/C17H13IO/c18-17(14-9-5-2-6-10-14)16-12-11-15(19-16)13-7-3-1-4-8-13/h1-12,15H. The Balaban J connectivity index is 1.85. The van der Waals surface area contributed by atoms with Crippen LogP contribution in [-0.2, 0) is 4.74 Å². The van der Waals surface area contributed by atoms with Crippen molar-refractivity contribution < 1.29 is 4.74 Å². The zero-order valence-corrected chi connectivity index (χ0v) is 12.4. The SMILES string of the molecule is IC(=C1C=CC(c2ccccc2)O1)c1ccccc1. The molecule has 2 aromatic rings. The van der Waals surface area contributed by atoms with Gasteiger partial charge in [-0.3, -0.25) is 0 Å². The Morgan fingerprint density at radius 3 is 2.21 bits per heavy atom. The number of ether oxygens (including phenoxy) is 1. The van der Waals surface area contributed by atoms with Crippen molar-refractivity contribution in [2.24, 2.45) is 0 Å². The lowest BCUT2D eigenvalue weighted by molar-refractivity contribution is 0.187. The monoisotopic (exact) mass is 360 g/mol. The van der Waals surface area contributed by atoms with Crippen LogP contribution in [0.25, 0.3) is 3.58 Å². The first-order valence-electron chi connectivity index (χ1n) is 6.19. The molecule has 0 fully saturated rings. The van der Waals surface area contributed by atoms with E-state index in [1.54, 1.807) is 0 Å². The van der Waals surface area contributed by atoms with Crippen LogP contribution in [0.1, 0.15) is 17.2 Å². The summed E-state index contributed by atoms with van der Waals surface area (Å²) in [7, 11) is 0. The molecule has 0 aromatic heterocycles. The van der Waals surface area contributed by atoms with Gasteiger partial charge in [-0.05, 0) is 45.9 Å². The second-order valence-electron chi connectivity index (χ2n) is 4.35. The van der Waals surface area contributed by atoms with Gasteiger partial charge in [0.05, 0.1) is 3.58 Å². The number of rotatable bonds is 2. The van der Waals surface area contributed by atoms with Gasteiger partial charge < -0.3 is 4.74 Å². The fourth-order valence-corrected chi connectivity index (χ4v) is 2.73. The Kier molecular flexibility index (Phi) is 3.69. The molecule has 0 amide bonds. The highest BCUT2D eigenvalue weighted by Crippen LogP contribution is 2.35. The quantitative estimate of drug-likeness (QED) is 0.676. The molecule has 1 atom stereocenters. The van der Waals surface area contributed by atoms with Crippen molar-refractivity contribution in [3.8, 4) is 0 Å². The van der Waals surface area contributed by atoms with E-state index in [0.717, 1.165) is 9.34 Å².